The fourth-order valence-electron chi connectivity index (χ4n) is 3.97. The van der Waals surface area contributed by atoms with E-state index in [9.17, 15) is 28.9 Å². The zero-order chi connectivity index (χ0) is 24.8. The van der Waals surface area contributed by atoms with E-state index in [1.807, 2.05) is 50.2 Å². The van der Waals surface area contributed by atoms with E-state index in [0.29, 0.717) is 0 Å². The van der Waals surface area contributed by atoms with Crippen molar-refractivity contribution < 1.29 is 58.5 Å². The van der Waals surface area contributed by atoms with Crippen LogP contribution in [0.25, 0.3) is 22.4 Å². The molecular weight excluding hydrogens is 463 g/mol. The summed E-state index contributed by atoms with van der Waals surface area (Å²) in [6.45, 7) is 3.96. The van der Waals surface area contributed by atoms with Gasteiger partial charge in [0.25, 0.3) is 0 Å². The number of hydrogen-bond acceptors (Lipinski definition) is 5. The van der Waals surface area contributed by atoms with Crippen LogP contribution in [0.3, 0.4) is 0 Å². The van der Waals surface area contributed by atoms with E-state index < -0.39 is 30.8 Å². The fourth-order valence-corrected chi connectivity index (χ4v) is 3.97. The summed E-state index contributed by atoms with van der Waals surface area (Å²) in [7, 11) is 0. The molecule has 0 spiro atoms. The van der Waals surface area contributed by atoms with Gasteiger partial charge in [-0.15, -0.1) is 0 Å². The smallest absolute Gasteiger partial charge is 0.550 e. The van der Waals surface area contributed by atoms with Gasteiger partial charge in [-0.3, -0.25) is 4.98 Å². The molecular formula is C27H28F2NNaO4. The number of aliphatic hydroxyl groups is 2. The van der Waals surface area contributed by atoms with Gasteiger partial charge < -0.3 is 20.1 Å². The number of aromatic nitrogens is 1. The zero-order valence-corrected chi connectivity index (χ0v) is 22.1. The van der Waals surface area contributed by atoms with E-state index in [4.69, 9.17) is 4.98 Å². The fraction of sp³-hybridized carbons (Fsp3) is 0.333. The van der Waals surface area contributed by atoms with Crippen LogP contribution in [0.1, 0.15) is 43.9 Å². The molecule has 0 unspecified atom stereocenters. The van der Waals surface area contributed by atoms with Gasteiger partial charge in [-0.25, -0.2) is 8.78 Å². The van der Waals surface area contributed by atoms with Gasteiger partial charge in [-0.05, 0) is 53.6 Å². The molecule has 3 atom stereocenters. The maximum Gasteiger partial charge on any atom is 1.00 e. The van der Waals surface area contributed by atoms with Gasteiger partial charge in [0, 0.05) is 23.6 Å². The Balaban J connectivity index is 0.00000432. The van der Waals surface area contributed by atoms with Crippen LogP contribution in [0.15, 0.2) is 60.7 Å². The average Bonchev–Trinajstić information content (AvgIpc) is 2.82. The third kappa shape index (κ3) is 7.66. The number of carbonyl (C=O) groups excluding carboxylic acids is 1. The molecule has 0 saturated heterocycles. The molecule has 0 aliphatic heterocycles. The first-order chi connectivity index (χ1) is 16.2. The summed E-state index contributed by atoms with van der Waals surface area (Å²) in [6, 6.07) is 17.5. The summed E-state index contributed by atoms with van der Waals surface area (Å²) < 4.78 is 28.0. The second kappa shape index (κ2) is 13.2. The number of carbonyl (C=O) groups is 1. The van der Waals surface area contributed by atoms with Crippen LogP contribution in [0.5, 0.6) is 0 Å². The maximum absolute atomic E-state index is 14.4. The topological polar surface area (TPSA) is 93.5 Å². The molecule has 0 radical (unpaired) electrons. The standard InChI is InChI=1S/C27H29F2NO4.Na/c1-16(2)27-20(12-13-23(31)26(29)24(32)15-25(33)34)21(17-8-10-19(28)11-9-17)14-22(30-27)18-6-4-3-5-7-18;/h3-11,14,16,23-24,26,31-32H,12-13,15H2,1-2H3,(H,33,34);/q;+1/p-1/t23-,24+,26-;/m1./s1. The number of halogens is 2. The molecule has 2 N–H and O–H groups in total. The number of benzene rings is 2. The third-order valence-corrected chi connectivity index (χ3v) is 5.73. The second-order valence-corrected chi connectivity index (χ2v) is 8.64. The molecule has 1 heterocycles. The Morgan fingerprint density at radius 3 is 2.20 bits per heavy atom. The number of alkyl halides is 1. The minimum Gasteiger partial charge on any atom is -0.550 e. The largest absolute Gasteiger partial charge is 1.00 e. The van der Waals surface area contributed by atoms with Crippen molar-refractivity contribution in [2.75, 3.05) is 0 Å². The van der Waals surface area contributed by atoms with Crippen LogP contribution in [0, 0.1) is 5.82 Å². The molecule has 0 amide bonds. The summed E-state index contributed by atoms with van der Waals surface area (Å²) in [6.07, 6.45) is -6.31. The van der Waals surface area contributed by atoms with Gasteiger partial charge in [0.15, 0.2) is 6.17 Å². The van der Waals surface area contributed by atoms with Gasteiger partial charge in [-0.2, -0.15) is 0 Å². The van der Waals surface area contributed by atoms with E-state index in [2.05, 4.69) is 0 Å². The number of pyridine rings is 1. The SMILES string of the molecule is CC(C)c1nc(-c2ccccc2)cc(-c2ccc(F)cc2)c1CC[C@@H](O)[C@@H](F)[C@@H](O)CC(=O)[O-].[Na+]. The zero-order valence-electron chi connectivity index (χ0n) is 20.1. The van der Waals surface area contributed by atoms with Crippen molar-refractivity contribution >= 4 is 5.97 Å². The summed E-state index contributed by atoms with van der Waals surface area (Å²) in [5.41, 5.74) is 4.73. The van der Waals surface area contributed by atoms with Gasteiger partial charge in [0.1, 0.15) is 5.82 Å². The molecule has 3 rings (SSSR count). The van der Waals surface area contributed by atoms with E-state index in [-0.39, 0.29) is 54.1 Å². The van der Waals surface area contributed by atoms with Gasteiger partial charge in [-0.1, -0.05) is 56.3 Å². The van der Waals surface area contributed by atoms with Crippen molar-refractivity contribution in [2.24, 2.45) is 0 Å². The molecule has 0 fully saturated rings. The minimum atomic E-state index is -2.13. The van der Waals surface area contributed by atoms with E-state index in [1.54, 1.807) is 12.1 Å². The summed E-state index contributed by atoms with van der Waals surface area (Å²) in [5.74, 6) is -1.96. The van der Waals surface area contributed by atoms with E-state index in [0.717, 1.165) is 33.6 Å². The normalized spacial score (nSPS) is 13.7. The van der Waals surface area contributed by atoms with Crippen LogP contribution in [-0.4, -0.2) is 39.5 Å². The Hall–Kier alpha value is -2.16. The summed E-state index contributed by atoms with van der Waals surface area (Å²) in [5, 5.41) is 30.7. The summed E-state index contributed by atoms with van der Waals surface area (Å²) >= 11 is 0. The second-order valence-electron chi connectivity index (χ2n) is 8.64. The first-order valence-electron chi connectivity index (χ1n) is 11.2. The quantitative estimate of drug-likeness (QED) is 0.410. The minimum absolute atomic E-state index is 0. The van der Waals surface area contributed by atoms with Crippen LogP contribution in [0.2, 0.25) is 0 Å². The Bertz CT molecular complexity index is 1110. The third-order valence-electron chi connectivity index (χ3n) is 5.73. The van der Waals surface area contributed by atoms with Crippen molar-refractivity contribution in [2.45, 2.75) is 57.4 Å². The van der Waals surface area contributed by atoms with Crippen molar-refractivity contribution in [3.8, 4) is 22.4 Å². The van der Waals surface area contributed by atoms with Crippen LogP contribution in [-0.2, 0) is 11.2 Å². The first kappa shape index (κ1) is 29.1. The molecule has 35 heavy (non-hydrogen) atoms. The number of carboxylic acid groups (broad SMARTS) is 1. The first-order valence-corrected chi connectivity index (χ1v) is 11.2. The molecule has 1 aromatic heterocycles. The Labute approximate surface area is 226 Å². The Morgan fingerprint density at radius 1 is 1.00 bits per heavy atom. The molecule has 3 aromatic rings. The maximum atomic E-state index is 14.4. The van der Waals surface area contributed by atoms with Crippen molar-refractivity contribution in [3.63, 3.8) is 0 Å². The molecule has 5 nitrogen and oxygen atoms in total. The van der Waals surface area contributed by atoms with Gasteiger partial charge in [0.2, 0.25) is 0 Å². The Kier molecular flexibility index (Phi) is 11.0. The van der Waals surface area contributed by atoms with Gasteiger partial charge in [0.05, 0.1) is 17.9 Å². The number of nitrogens with zero attached hydrogens (tertiary/aromatic N) is 1. The van der Waals surface area contributed by atoms with Crippen molar-refractivity contribution in [3.05, 3.63) is 77.7 Å². The van der Waals surface area contributed by atoms with Crippen LogP contribution < -0.4 is 34.7 Å². The number of aliphatic carboxylic acids is 1. The molecule has 2 aromatic carbocycles. The molecule has 0 bridgehead atoms. The number of hydrogen-bond donors (Lipinski definition) is 2. The molecule has 0 aliphatic rings. The predicted molar refractivity (Wildman–Crippen MR) is 124 cm³/mol. The predicted octanol–water partition coefficient (Wildman–Crippen LogP) is 0.815. The molecule has 0 aliphatic carbocycles. The number of carboxylic acids is 1. The van der Waals surface area contributed by atoms with Crippen LogP contribution >= 0.6 is 0 Å². The monoisotopic (exact) mass is 491 g/mol. The van der Waals surface area contributed by atoms with Crippen LogP contribution in [0.4, 0.5) is 8.78 Å². The molecule has 8 heteroatoms. The van der Waals surface area contributed by atoms with Crippen molar-refractivity contribution in [1.29, 1.82) is 0 Å². The number of aliphatic hydroxyl groups excluding tert-OH is 2. The number of rotatable bonds is 10. The van der Waals surface area contributed by atoms with E-state index in [1.165, 1.54) is 12.1 Å². The Morgan fingerprint density at radius 2 is 1.63 bits per heavy atom. The van der Waals surface area contributed by atoms with E-state index >= 15 is 0 Å². The van der Waals surface area contributed by atoms with Gasteiger partial charge >= 0.3 is 29.6 Å². The molecule has 0 saturated carbocycles. The summed E-state index contributed by atoms with van der Waals surface area (Å²) in [4.78, 5) is 15.5. The molecule has 180 valence electrons. The average molecular weight is 492 g/mol. The van der Waals surface area contributed by atoms with Crippen molar-refractivity contribution in [1.82, 2.24) is 4.98 Å².